The molecule has 2 amide bonds. The Morgan fingerprint density at radius 2 is 2.12 bits per heavy atom. The molecule has 1 aromatic rings. The van der Waals surface area contributed by atoms with E-state index in [4.69, 9.17) is 14.7 Å². The monoisotopic (exact) mass is 331 g/mol. The third-order valence-corrected chi connectivity index (χ3v) is 3.01. The quantitative estimate of drug-likeness (QED) is 0.698. The minimum Gasteiger partial charge on any atom is -0.493 e. The third kappa shape index (κ3) is 6.01. The molecular formula is C17H21N3O4. The molecule has 0 aliphatic rings. The minimum atomic E-state index is -0.613. The molecule has 0 radical (unpaired) electrons. The zero-order chi connectivity index (χ0) is 17.9. The van der Waals surface area contributed by atoms with Gasteiger partial charge in [-0.05, 0) is 37.6 Å². The Labute approximate surface area is 141 Å². The number of rotatable bonds is 8. The number of nitrogens with zero attached hydrogens (tertiary/aromatic N) is 1. The van der Waals surface area contributed by atoms with Crippen LogP contribution in [0.4, 0.5) is 0 Å². The average Bonchev–Trinajstić information content (AvgIpc) is 2.58. The number of carbonyl (C=O) groups is 2. The van der Waals surface area contributed by atoms with E-state index >= 15 is 0 Å². The standard InChI is InChI=1S/C17H21N3O4/c1-4-19-17(22)12(2)20-16(21)8-6-13-5-7-14(24-10-9-18)15(11-13)23-3/h5-8,11-12H,4,10H2,1-3H3,(H,19,22)(H,20,21)/b8-6+/t12-/m1/s1. The molecule has 1 aromatic carbocycles. The highest BCUT2D eigenvalue weighted by molar-refractivity contribution is 5.95. The Bertz CT molecular complexity index is 650. The number of amides is 2. The molecule has 0 aliphatic carbocycles. The Morgan fingerprint density at radius 3 is 2.75 bits per heavy atom. The lowest BCUT2D eigenvalue weighted by Crippen LogP contribution is -2.44. The lowest BCUT2D eigenvalue weighted by Gasteiger charge is -2.11. The van der Waals surface area contributed by atoms with E-state index in [9.17, 15) is 9.59 Å². The van der Waals surface area contributed by atoms with Crippen molar-refractivity contribution in [3.05, 3.63) is 29.8 Å². The number of benzene rings is 1. The van der Waals surface area contributed by atoms with E-state index in [1.54, 1.807) is 31.2 Å². The number of hydrogen-bond acceptors (Lipinski definition) is 5. The number of ether oxygens (including phenoxy) is 2. The van der Waals surface area contributed by atoms with Gasteiger partial charge in [-0.15, -0.1) is 0 Å². The summed E-state index contributed by atoms with van der Waals surface area (Å²) in [6.45, 7) is 3.85. The Kier molecular flexibility index (Phi) is 7.85. The first-order chi connectivity index (χ1) is 11.5. The Morgan fingerprint density at radius 1 is 1.38 bits per heavy atom. The van der Waals surface area contributed by atoms with E-state index in [1.807, 2.05) is 13.0 Å². The second-order valence-electron chi connectivity index (χ2n) is 4.82. The summed E-state index contributed by atoms with van der Waals surface area (Å²) in [5, 5.41) is 13.7. The van der Waals surface area contributed by atoms with Crippen molar-refractivity contribution >= 4 is 17.9 Å². The van der Waals surface area contributed by atoms with Crippen molar-refractivity contribution in [1.29, 1.82) is 5.26 Å². The maximum atomic E-state index is 11.8. The van der Waals surface area contributed by atoms with E-state index in [0.29, 0.717) is 18.0 Å². The van der Waals surface area contributed by atoms with E-state index in [1.165, 1.54) is 13.2 Å². The van der Waals surface area contributed by atoms with Crippen molar-refractivity contribution in [2.75, 3.05) is 20.3 Å². The topological polar surface area (TPSA) is 100 Å². The smallest absolute Gasteiger partial charge is 0.244 e. The fraction of sp³-hybridized carbons (Fsp3) is 0.353. The normalized spacial score (nSPS) is 11.4. The van der Waals surface area contributed by atoms with Crippen LogP contribution in [0, 0.1) is 11.3 Å². The van der Waals surface area contributed by atoms with Crippen molar-refractivity contribution in [2.45, 2.75) is 19.9 Å². The van der Waals surface area contributed by atoms with E-state index < -0.39 is 6.04 Å². The first-order valence-corrected chi connectivity index (χ1v) is 7.45. The van der Waals surface area contributed by atoms with Crippen LogP contribution >= 0.6 is 0 Å². The van der Waals surface area contributed by atoms with Gasteiger partial charge in [0.1, 0.15) is 12.1 Å². The van der Waals surface area contributed by atoms with Gasteiger partial charge in [0.15, 0.2) is 18.1 Å². The van der Waals surface area contributed by atoms with Gasteiger partial charge in [-0.3, -0.25) is 9.59 Å². The van der Waals surface area contributed by atoms with E-state index in [-0.39, 0.29) is 18.4 Å². The lowest BCUT2D eigenvalue weighted by molar-refractivity contribution is -0.126. The van der Waals surface area contributed by atoms with Gasteiger partial charge in [0, 0.05) is 12.6 Å². The summed E-state index contributed by atoms with van der Waals surface area (Å²) in [5.74, 6) is 0.298. The molecule has 2 N–H and O–H groups in total. The van der Waals surface area contributed by atoms with Crippen LogP contribution in [0.5, 0.6) is 11.5 Å². The predicted octanol–water partition coefficient (Wildman–Crippen LogP) is 1.25. The van der Waals surface area contributed by atoms with Gasteiger partial charge in [-0.25, -0.2) is 0 Å². The van der Waals surface area contributed by atoms with Crippen LogP contribution in [0.15, 0.2) is 24.3 Å². The summed E-state index contributed by atoms with van der Waals surface area (Å²) in [7, 11) is 1.49. The van der Waals surface area contributed by atoms with Crippen LogP contribution in [-0.4, -0.2) is 38.1 Å². The van der Waals surface area contributed by atoms with Gasteiger partial charge >= 0.3 is 0 Å². The highest BCUT2D eigenvalue weighted by Crippen LogP contribution is 2.28. The fourth-order valence-electron chi connectivity index (χ4n) is 1.84. The van der Waals surface area contributed by atoms with Crippen molar-refractivity contribution in [1.82, 2.24) is 10.6 Å². The molecule has 7 nitrogen and oxygen atoms in total. The van der Waals surface area contributed by atoms with Gasteiger partial charge in [0.2, 0.25) is 11.8 Å². The first-order valence-electron chi connectivity index (χ1n) is 7.45. The summed E-state index contributed by atoms with van der Waals surface area (Å²) in [6.07, 6.45) is 2.93. The first kappa shape index (κ1) is 19.0. The van der Waals surface area contributed by atoms with Crippen molar-refractivity contribution in [3.8, 4) is 17.6 Å². The van der Waals surface area contributed by atoms with Gasteiger partial charge in [-0.2, -0.15) is 5.26 Å². The number of nitriles is 1. The summed E-state index contributed by atoms with van der Waals surface area (Å²) in [6, 6.07) is 6.34. The molecule has 0 aromatic heterocycles. The molecule has 0 saturated carbocycles. The second kappa shape index (κ2) is 9.90. The van der Waals surface area contributed by atoms with Gasteiger partial charge < -0.3 is 20.1 Å². The fourth-order valence-corrected chi connectivity index (χ4v) is 1.84. The van der Waals surface area contributed by atoms with E-state index in [2.05, 4.69) is 10.6 Å². The van der Waals surface area contributed by atoms with Crippen LogP contribution in [0.2, 0.25) is 0 Å². The van der Waals surface area contributed by atoms with Crippen molar-refractivity contribution in [3.63, 3.8) is 0 Å². The molecular weight excluding hydrogens is 310 g/mol. The molecule has 0 aliphatic heterocycles. The van der Waals surface area contributed by atoms with Crippen LogP contribution < -0.4 is 20.1 Å². The second-order valence-corrected chi connectivity index (χ2v) is 4.82. The molecule has 0 saturated heterocycles. The van der Waals surface area contributed by atoms with Crippen molar-refractivity contribution in [2.24, 2.45) is 0 Å². The van der Waals surface area contributed by atoms with Crippen molar-refractivity contribution < 1.29 is 19.1 Å². The summed E-state index contributed by atoms with van der Waals surface area (Å²) in [4.78, 5) is 23.4. The van der Waals surface area contributed by atoms with Crippen LogP contribution in [0.3, 0.4) is 0 Å². The number of carbonyl (C=O) groups excluding carboxylic acids is 2. The summed E-state index contributed by atoms with van der Waals surface area (Å²) < 4.78 is 10.4. The van der Waals surface area contributed by atoms with Gasteiger partial charge in [-0.1, -0.05) is 6.07 Å². The molecule has 0 bridgehead atoms. The van der Waals surface area contributed by atoms with E-state index in [0.717, 1.165) is 5.56 Å². The molecule has 1 rings (SSSR count). The number of methoxy groups -OCH3 is 1. The lowest BCUT2D eigenvalue weighted by atomic mass is 10.2. The molecule has 0 unspecified atom stereocenters. The highest BCUT2D eigenvalue weighted by atomic mass is 16.5. The van der Waals surface area contributed by atoms with Crippen LogP contribution in [-0.2, 0) is 9.59 Å². The molecule has 0 spiro atoms. The SMILES string of the molecule is CCNC(=O)[C@@H](C)NC(=O)/C=C/c1ccc(OCC#N)c(OC)c1. The predicted molar refractivity (Wildman–Crippen MR) is 89.4 cm³/mol. The molecule has 0 heterocycles. The number of nitrogens with one attached hydrogen (secondary N) is 2. The van der Waals surface area contributed by atoms with Gasteiger partial charge in [0.25, 0.3) is 0 Å². The maximum Gasteiger partial charge on any atom is 0.244 e. The average molecular weight is 331 g/mol. The number of likely N-dealkylation sites (N-methyl/N-ethyl adjacent to an activating group) is 1. The molecule has 128 valence electrons. The number of hydrogen-bond donors (Lipinski definition) is 2. The highest BCUT2D eigenvalue weighted by Gasteiger charge is 2.12. The summed E-state index contributed by atoms with van der Waals surface area (Å²) in [5.41, 5.74) is 0.719. The van der Waals surface area contributed by atoms with Gasteiger partial charge in [0.05, 0.1) is 7.11 Å². The largest absolute Gasteiger partial charge is 0.493 e. The molecule has 7 heteroatoms. The Balaban J connectivity index is 2.71. The zero-order valence-electron chi connectivity index (χ0n) is 14.0. The molecule has 24 heavy (non-hydrogen) atoms. The van der Waals surface area contributed by atoms with Crippen LogP contribution in [0.25, 0.3) is 6.08 Å². The molecule has 1 atom stereocenters. The Hall–Kier alpha value is -3.01. The minimum absolute atomic E-state index is 0.0777. The third-order valence-electron chi connectivity index (χ3n) is 3.01. The maximum absolute atomic E-state index is 11.8. The summed E-state index contributed by atoms with van der Waals surface area (Å²) >= 11 is 0. The zero-order valence-corrected chi connectivity index (χ0v) is 14.0. The molecule has 0 fully saturated rings. The van der Waals surface area contributed by atoms with Crippen LogP contribution in [0.1, 0.15) is 19.4 Å².